The number of hydrogen-bond donors (Lipinski definition) is 2. The third-order valence-corrected chi connectivity index (χ3v) is 8.14. The summed E-state index contributed by atoms with van der Waals surface area (Å²) in [7, 11) is -4.48. The Labute approximate surface area is 211 Å². The summed E-state index contributed by atoms with van der Waals surface area (Å²) in [6, 6.07) is 16.7. The number of anilines is 2. The average Bonchev–Trinajstić information content (AvgIpc) is 2.77. The van der Waals surface area contributed by atoms with Gasteiger partial charge in [-0.3, -0.25) is 13.9 Å². The lowest BCUT2D eigenvalue weighted by Crippen LogP contribution is -2.52. The predicted molar refractivity (Wildman–Crippen MR) is 133 cm³/mol. The number of sulfonamides is 1. The molecule has 0 saturated heterocycles. The summed E-state index contributed by atoms with van der Waals surface area (Å²) in [5.74, 6) is -1.16. The molecule has 1 aliphatic heterocycles. The van der Waals surface area contributed by atoms with Gasteiger partial charge in [0.2, 0.25) is 11.8 Å². The third-order valence-electron chi connectivity index (χ3n) is 5.18. The minimum absolute atomic E-state index is 0.155. The lowest BCUT2D eigenvalue weighted by atomic mass is 10.1. The number of para-hydroxylation sites is 2. The Morgan fingerprint density at radius 2 is 1.59 bits per heavy atom. The Morgan fingerprint density at radius 3 is 2.26 bits per heavy atom. The van der Waals surface area contributed by atoms with Gasteiger partial charge in [0.15, 0.2) is 0 Å². The fourth-order valence-corrected chi connectivity index (χ4v) is 6.79. The van der Waals surface area contributed by atoms with Crippen molar-refractivity contribution in [2.45, 2.75) is 23.9 Å². The zero-order valence-electron chi connectivity index (χ0n) is 17.5. The van der Waals surface area contributed by atoms with Crippen LogP contribution in [0.3, 0.4) is 0 Å². The molecule has 1 aliphatic rings. The summed E-state index contributed by atoms with van der Waals surface area (Å²) in [6.45, 7) is 0.228. The molecule has 0 radical (unpaired) electrons. The molecule has 2 N–H and O–H groups in total. The molecule has 2 amide bonds. The van der Waals surface area contributed by atoms with Gasteiger partial charge in [-0.1, -0.05) is 77.3 Å². The Hall–Kier alpha value is -2.78. The molecule has 0 saturated carbocycles. The summed E-state index contributed by atoms with van der Waals surface area (Å²) in [4.78, 5) is 25.3. The van der Waals surface area contributed by atoms with Crippen LogP contribution in [0, 0.1) is 0 Å². The van der Waals surface area contributed by atoms with E-state index in [2.05, 4.69) is 10.6 Å². The molecule has 1 atom stereocenters. The molecule has 0 fully saturated rings. The number of carbonyl (C=O) groups excluding carboxylic acids is 2. The van der Waals surface area contributed by atoms with Gasteiger partial charge in [-0.15, -0.1) is 0 Å². The van der Waals surface area contributed by atoms with Crippen molar-refractivity contribution in [1.29, 1.82) is 0 Å². The third kappa shape index (κ3) is 4.86. The van der Waals surface area contributed by atoms with E-state index in [1.165, 1.54) is 18.2 Å². The predicted octanol–water partition coefficient (Wildman–Crippen LogP) is 4.87. The van der Waals surface area contributed by atoms with Gasteiger partial charge in [0.25, 0.3) is 10.0 Å². The van der Waals surface area contributed by atoms with Gasteiger partial charge in [0, 0.05) is 11.6 Å². The Bertz CT molecular complexity index is 1340. The summed E-state index contributed by atoms with van der Waals surface area (Å²) >= 11 is 18.4. The van der Waals surface area contributed by atoms with E-state index in [1.54, 1.807) is 18.2 Å². The molecule has 3 aromatic rings. The van der Waals surface area contributed by atoms with E-state index in [0.717, 1.165) is 9.87 Å². The highest BCUT2D eigenvalue weighted by molar-refractivity contribution is 7.93. The zero-order chi connectivity index (χ0) is 24.5. The Kier molecular flexibility index (Phi) is 7.04. The molecule has 7 nitrogen and oxygen atoms in total. The number of hydrogen-bond acceptors (Lipinski definition) is 4. The number of amides is 2. The SMILES string of the molecule is O=C(CC1C(=O)Nc2ccccc2N1S(=O)(=O)c1c(Cl)cc(Cl)cc1Cl)NCc1ccccc1. The molecule has 0 spiro atoms. The van der Waals surface area contributed by atoms with Crippen molar-refractivity contribution < 1.29 is 18.0 Å². The highest BCUT2D eigenvalue weighted by Crippen LogP contribution is 2.41. The molecule has 0 aliphatic carbocycles. The van der Waals surface area contributed by atoms with Gasteiger partial charge in [0.1, 0.15) is 10.9 Å². The van der Waals surface area contributed by atoms with Gasteiger partial charge >= 0.3 is 0 Å². The van der Waals surface area contributed by atoms with Crippen LogP contribution in [0.2, 0.25) is 15.1 Å². The second kappa shape index (κ2) is 9.84. The van der Waals surface area contributed by atoms with Gasteiger partial charge < -0.3 is 10.6 Å². The van der Waals surface area contributed by atoms with Crippen molar-refractivity contribution in [1.82, 2.24) is 5.32 Å². The quantitative estimate of drug-likeness (QED) is 0.468. The molecular formula is C23H18Cl3N3O4S. The molecule has 1 unspecified atom stereocenters. The molecule has 176 valence electrons. The number of halogens is 3. The van der Waals surface area contributed by atoms with Crippen LogP contribution in [0.5, 0.6) is 0 Å². The molecule has 0 aromatic heterocycles. The van der Waals surface area contributed by atoms with Crippen molar-refractivity contribution >= 4 is 68.0 Å². The van der Waals surface area contributed by atoms with Crippen LogP contribution < -0.4 is 14.9 Å². The largest absolute Gasteiger partial charge is 0.352 e. The highest BCUT2D eigenvalue weighted by atomic mass is 35.5. The first-order valence-electron chi connectivity index (χ1n) is 10.1. The van der Waals surface area contributed by atoms with Gasteiger partial charge in [-0.05, 0) is 29.8 Å². The molecular weight excluding hydrogens is 521 g/mol. The van der Waals surface area contributed by atoms with Gasteiger partial charge in [-0.2, -0.15) is 0 Å². The lowest BCUT2D eigenvalue weighted by molar-refractivity contribution is -0.125. The number of carbonyl (C=O) groups is 2. The molecule has 34 heavy (non-hydrogen) atoms. The fourth-order valence-electron chi connectivity index (χ4n) is 3.65. The van der Waals surface area contributed by atoms with E-state index in [9.17, 15) is 18.0 Å². The molecule has 11 heteroatoms. The standard InChI is InChI=1S/C23H18Cl3N3O4S/c24-15-10-16(25)22(17(26)11-15)34(32,33)29-19-9-5-4-8-18(19)28-23(31)20(29)12-21(30)27-13-14-6-2-1-3-7-14/h1-11,20H,12-13H2,(H,27,30)(H,28,31). The first kappa shape index (κ1) is 24.3. The maximum atomic E-state index is 13.8. The van der Waals surface area contributed by atoms with Crippen molar-refractivity contribution in [2.24, 2.45) is 0 Å². The van der Waals surface area contributed by atoms with Gasteiger partial charge in [-0.25, -0.2) is 8.42 Å². The molecule has 0 bridgehead atoms. The summed E-state index contributed by atoms with van der Waals surface area (Å²) < 4.78 is 28.5. The van der Waals surface area contributed by atoms with Crippen LogP contribution in [-0.2, 0) is 26.2 Å². The van der Waals surface area contributed by atoms with Crippen molar-refractivity contribution in [3.63, 3.8) is 0 Å². The van der Waals surface area contributed by atoms with Gasteiger partial charge in [0.05, 0.1) is 27.8 Å². The van der Waals surface area contributed by atoms with Crippen LogP contribution in [0.1, 0.15) is 12.0 Å². The van der Waals surface area contributed by atoms with E-state index < -0.39 is 39.2 Å². The second-order valence-corrected chi connectivity index (χ2v) is 10.5. The first-order chi connectivity index (χ1) is 16.2. The summed E-state index contributed by atoms with van der Waals surface area (Å²) in [5.41, 5.74) is 1.32. The van der Waals surface area contributed by atoms with Crippen LogP contribution >= 0.6 is 34.8 Å². The van der Waals surface area contributed by atoms with Crippen molar-refractivity contribution in [2.75, 3.05) is 9.62 Å². The normalized spacial score (nSPS) is 15.4. The van der Waals surface area contributed by atoms with Crippen LogP contribution in [0.25, 0.3) is 0 Å². The number of benzene rings is 3. The van der Waals surface area contributed by atoms with Crippen LogP contribution in [-0.4, -0.2) is 26.3 Å². The summed E-state index contributed by atoms with van der Waals surface area (Å²) in [5, 5.41) is 5.15. The Balaban J connectivity index is 1.72. The fraction of sp³-hybridized carbons (Fsp3) is 0.130. The maximum Gasteiger partial charge on any atom is 0.268 e. The smallest absolute Gasteiger partial charge is 0.268 e. The minimum atomic E-state index is -4.48. The lowest BCUT2D eigenvalue weighted by Gasteiger charge is -2.37. The van der Waals surface area contributed by atoms with Crippen molar-refractivity contribution in [3.8, 4) is 0 Å². The van der Waals surface area contributed by atoms with E-state index >= 15 is 0 Å². The number of nitrogens with zero attached hydrogens (tertiary/aromatic N) is 1. The topological polar surface area (TPSA) is 95.6 Å². The maximum absolute atomic E-state index is 13.8. The van der Waals surface area contributed by atoms with E-state index in [-0.39, 0.29) is 33.0 Å². The summed E-state index contributed by atoms with van der Waals surface area (Å²) in [6.07, 6.45) is -0.422. The zero-order valence-corrected chi connectivity index (χ0v) is 20.5. The van der Waals surface area contributed by atoms with E-state index in [4.69, 9.17) is 34.8 Å². The Morgan fingerprint density at radius 1 is 0.971 bits per heavy atom. The molecule has 4 rings (SSSR count). The van der Waals surface area contributed by atoms with Crippen molar-refractivity contribution in [3.05, 3.63) is 87.4 Å². The average molecular weight is 539 g/mol. The first-order valence-corrected chi connectivity index (χ1v) is 12.7. The molecule has 1 heterocycles. The van der Waals surface area contributed by atoms with Crippen LogP contribution in [0.15, 0.2) is 71.6 Å². The van der Waals surface area contributed by atoms with Crippen LogP contribution in [0.4, 0.5) is 11.4 Å². The molecule has 3 aromatic carbocycles. The second-order valence-electron chi connectivity index (χ2n) is 7.49. The highest BCUT2D eigenvalue weighted by Gasteiger charge is 2.43. The van der Waals surface area contributed by atoms with E-state index in [1.807, 2.05) is 30.3 Å². The number of fused-ring (bicyclic) bond motifs is 1. The number of rotatable bonds is 6. The number of nitrogens with one attached hydrogen (secondary N) is 2. The minimum Gasteiger partial charge on any atom is -0.352 e. The monoisotopic (exact) mass is 537 g/mol. The van der Waals surface area contributed by atoms with E-state index in [0.29, 0.717) is 0 Å².